The third-order valence-corrected chi connectivity index (χ3v) is 3.58. The molecule has 126 valence electrons. The van der Waals surface area contributed by atoms with Crippen molar-refractivity contribution in [3.05, 3.63) is 54.0 Å². The predicted octanol–water partition coefficient (Wildman–Crippen LogP) is 3.49. The zero-order chi connectivity index (χ0) is 16.7. The van der Waals surface area contributed by atoms with Crippen molar-refractivity contribution in [2.24, 2.45) is 5.92 Å². The van der Waals surface area contributed by atoms with Gasteiger partial charge in [0.05, 0.1) is 12.8 Å². The van der Waals surface area contributed by atoms with Crippen LogP contribution in [0.5, 0.6) is 5.75 Å². The summed E-state index contributed by atoms with van der Waals surface area (Å²) in [4.78, 5) is 2.20. The first-order valence-electron chi connectivity index (χ1n) is 8.16. The molecule has 2 rings (SSSR count). The Morgan fingerprint density at radius 3 is 2.57 bits per heavy atom. The minimum absolute atomic E-state index is 0.289. The van der Waals surface area contributed by atoms with Gasteiger partial charge in [0.2, 0.25) is 0 Å². The molecule has 0 fully saturated rings. The van der Waals surface area contributed by atoms with Gasteiger partial charge >= 0.3 is 0 Å². The molecule has 0 saturated carbocycles. The molecule has 2 aromatic rings. The Balaban J connectivity index is 1.86. The molecule has 0 spiro atoms. The zero-order valence-electron chi connectivity index (χ0n) is 14.2. The van der Waals surface area contributed by atoms with Crippen molar-refractivity contribution in [2.45, 2.75) is 33.4 Å². The summed E-state index contributed by atoms with van der Waals surface area (Å²) in [6.07, 6.45) is 1.14. The molecule has 1 unspecified atom stereocenters. The summed E-state index contributed by atoms with van der Waals surface area (Å²) >= 11 is 0. The molecule has 1 aromatic carbocycles. The fraction of sp³-hybridized carbons (Fsp3) is 0.474. The van der Waals surface area contributed by atoms with Crippen LogP contribution >= 0.6 is 0 Å². The van der Waals surface area contributed by atoms with Crippen molar-refractivity contribution in [3.63, 3.8) is 0 Å². The molecule has 1 N–H and O–H groups in total. The molecule has 4 heteroatoms. The summed E-state index contributed by atoms with van der Waals surface area (Å²) in [7, 11) is 0. The summed E-state index contributed by atoms with van der Waals surface area (Å²) < 4.78 is 11.2. The van der Waals surface area contributed by atoms with Gasteiger partial charge in [-0.15, -0.1) is 0 Å². The second-order valence-electron chi connectivity index (χ2n) is 6.40. The average molecular weight is 317 g/mol. The van der Waals surface area contributed by atoms with Crippen molar-refractivity contribution >= 4 is 0 Å². The first-order valence-corrected chi connectivity index (χ1v) is 8.16. The normalized spacial score (nSPS) is 12.8. The number of ether oxygens (including phenoxy) is 1. The number of rotatable bonds is 9. The standard InChI is InChI=1S/C19H27NO3/c1-15(2)11-20(13-18-8-6-10-22-18)12-17(21)14-23-19-9-5-4-7-16(19)3/h4-10,15,17,21H,11-14H2,1-3H3. The summed E-state index contributed by atoms with van der Waals surface area (Å²) in [5, 5.41) is 10.3. The number of hydrogen-bond acceptors (Lipinski definition) is 4. The van der Waals surface area contributed by atoms with Crippen LogP contribution in [0.15, 0.2) is 47.1 Å². The number of para-hydroxylation sites is 1. The lowest BCUT2D eigenvalue weighted by Gasteiger charge is -2.26. The van der Waals surface area contributed by atoms with Crippen LogP contribution in [0.4, 0.5) is 0 Å². The second-order valence-corrected chi connectivity index (χ2v) is 6.40. The fourth-order valence-electron chi connectivity index (χ4n) is 2.60. The number of nitrogens with zero attached hydrogens (tertiary/aromatic N) is 1. The molecule has 0 saturated heterocycles. The zero-order valence-corrected chi connectivity index (χ0v) is 14.2. The SMILES string of the molecule is Cc1ccccc1OCC(O)CN(Cc1ccco1)CC(C)C. The van der Waals surface area contributed by atoms with E-state index in [9.17, 15) is 5.11 Å². The van der Waals surface area contributed by atoms with Gasteiger partial charge < -0.3 is 14.3 Å². The van der Waals surface area contributed by atoms with E-state index in [1.165, 1.54) is 0 Å². The minimum atomic E-state index is -0.539. The van der Waals surface area contributed by atoms with Gasteiger partial charge in [-0.2, -0.15) is 0 Å². The Bertz CT molecular complexity index is 566. The van der Waals surface area contributed by atoms with E-state index < -0.39 is 6.10 Å². The van der Waals surface area contributed by atoms with Crippen molar-refractivity contribution in [2.75, 3.05) is 19.7 Å². The maximum Gasteiger partial charge on any atom is 0.122 e. The Hall–Kier alpha value is -1.78. The van der Waals surface area contributed by atoms with Crippen molar-refractivity contribution < 1.29 is 14.3 Å². The topological polar surface area (TPSA) is 45.8 Å². The lowest BCUT2D eigenvalue weighted by atomic mass is 10.2. The number of aryl methyl sites for hydroxylation is 1. The second kappa shape index (κ2) is 8.75. The Kier molecular flexibility index (Phi) is 6.68. The number of benzene rings is 1. The first-order chi connectivity index (χ1) is 11.0. The van der Waals surface area contributed by atoms with Crippen LogP contribution in [0.2, 0.25) is 0 Å². The van der Waals surface area contributed by atoms with E-state index in [-0.39, 0.29) is 6.61 Å². The van der Waals surface area contributed by atoms with Crippen molar-refractivity contribution in [3.8, 4) is 5.75 Å². The number of furan rings is 1. The van der Waals surface area contributed by atoms with Crippen LogP contribution < -0.4 is 4.74 Å². The molecular weight excluding hydrogens is 290 g/mol. The van der Waals surface area contributed by atoms with Crippen LogP contribution in [-0.2, 0) is 6.54 Å². The third-order valence-electron chi connectivity index (χ3n) is 3.58. The molecule has 4 nitrogen and oxygen atoms in total. The quantitative estimate of drug-likeness (QED) is 0.769. The molecule has 0 radical (unpaired) electrons. The average Bonchev–Trinajstić information content (AvgIpc) is 2.98. The molecular formula is C19H27NO3. The Morgan fingerprint density at radius 1 is 1.13 bits per heavy atom. The summed E-state index contributed by atoms with van der Waals surface area (Å²) in [5.41, 5.74) is 1.08. The highest BCUT2D eigenvalue weighted by atomic mass is 16.5. The third kappa shape index (κ3) is 6.08. The van der Waals surface area contributed by atoms with Gasteiger partial charge in [-0.3, -0.25) is 4.90 Å². The van der Waals surface area contributed by atoms with Crippen LogP contribution in [0.1, 0.15) is 25.2 Å². The highest BCUT2D eigenvalue weighted by molar-refractivity contribution is 5.31. The van der Waals surface area contributed by atoms with Gasteiger partial charge in [0.15, 0.2) is 0 Å². The van der Waals surface area contributed by atoms with Crippen LogP contribution in [0, 0.1) is 12.8 Å². The Morgan fingerprint density at radius 2 is 1.91 bits per heavy atom. The van der Waals surface area contributed by atoms with Crippen LogP contribution in [0.25, 0.3) is 0 Å². The molecule has 0 aliphatic carbocycles. The van der Waals surface area contributed by atoms with Gasteiger partial charge in [0.1, 0.15) is 24.2 Å². The van der Waals surface area contributed by atoms with Gasteiger partial charge in [-0.1, -0.05) is 32.0 Å². The minimum Gasteiger partial charge on any atom is -0.491 e. The Labute approximate surface area is 138 Å². The van der Waals surface area contributed by atoms with Crippen LogP contribution in [-0.4, -0.2) is 35.8 Å². The van der Waals surface area contributed by atoms with E-state index >= 15 is 0 Å². The first kappa shape index (κ1) is 17.6. The monoisotopic (exact) mass is 317 g/mol. The summed E-state index contributed by atoms with van der Waals surface area (Å²) in [5.74, 6) is 2.26. The van der Waals surface area contributed by atoms with Gasteiger partial charge in [0, 0.05) is 13.1 Å². The van der Waals surface area contributed by atoms with Crippen LogP contribution in [0.3, 0.4) is 0 Å². The number of aliphatic hydroxyl groups excluding tert-OH is 1. The lowest BCUT2D eigenvalue weighted by Crippen LogP contribution is -2.37. The van der Waals surface area contributed by atoms with Gasteiger partial charge in [-0.25, -0.2) is 0 Å². The van der Waals surface area contributed by atoms with E-state index in [0.717, 1.165) is 23.6 Å². The molecule has 1 aromatic heterocycles. The molecule has 23 heavy (non-hydrogen) atoms. The highest BCUT2D eigenvalue weighted by Crippen LogP contribution is 2.16. The van der Waals surface area contributed by atoms with E-state index in [1.54, 1.807) is 6.26 Å². The molecule has 0 aliphatic rings. The van der Waals surface area contributed by atoms with Crippen molar-refractivity contribution in [1.82, 2.24) is 4.90 Å². The lowest BCUT2D eigenvalue weighted by molar-refractivity contribution is 0.0589. The van der Waals surface area contributed by atoms with Crippen molar-refractivity contribution in [1.29, 1.82) is 0 Å². The van der Waals surface area contributed by atoms with Gasteiger partial charge in [-0.05, 0) is 36.6 Å². The van der Waals surface area contributed by atoms with E-state index in [1.807, 2.05) is 43.3 Å². The molecule has 0 aliphatic heterocycles. The molecule has 0 bridgehead atoms. The van der Waals surface area contributed by atoms with E-state index in [2.05, 4.69) is 18.7 Å². The number of aliphatic hydroxyl groups is 1. The maximum atomic E-state index is 10.3. The fourth-order valence-corrected chi connectivity index (χ4v) is 2.60. The van der Waals surface area contributed by atoms with E-state index in [4.69, 9.17) is 9.15 Å². The summed E-state index contributed by atoms with van der Waals surface area (Å²) in [6.45, 7) is 8.80. The smallest absolute Gasteiger partial charge is 0.122 e. The maximum absolute atomic E-state index is 10.3. The molecule has 1 heterocycles. The highest BCUT2D eigenvalue weighted by Gasteiger charge is 2.15. The van der Waals surface area contributed by atoms with Gasteiger partial charge in [0.25, 0.3) is 0 Å². The van der Waals surface area contributed by atoms with E-state index in [0.29, 0.717) is 19.0 Å². The number of hydrogen-bond donors (Lipinski definition) is 1. The predicted molar refractivity (Wildman–Crippen MR) is 91.5 cm³/mol. The molecule has 1 atom stereocenters. The largest absolute Gasteiger partial charge is 0.491 e. The summed E-state index contributed by atoms with van der Waals surface area (Å²) in [6, 6.07) is 11.7. The molecule has 0 amide bonds.